The smallest absolute Gasteiger partial charge is 0.241 e. The van der Waals surface area contributed by atoms with Gasteiger partial charge < -0.3 is 5.32 Å². The average molecular weight is 202 g/mol. The van der Waals surface area contributed by atoms with Crippen molar-refractivity contribution in [1.82, 2.24) is 15.1 Å². The molecule has 0 saturated heterocycles. The summed E-state index contributed by atoms with van der Waals surface area (Å²) in [5, 5.41) is 7.32. The number of nitrogens with one attached hydrogen (secondary N) is 1. The molecule has 1 amide bonds. The second-order valence-corrected chi connectivity index (χ2v) is 3.12. The van der Waals surface area contributed by atoms with E-state index in [9.17, 15) is 4.79 Å². The summed E-state index contributed by atoms with van der Waals surface area (Å²) in [4.78, 5) is 11.1. The van der Waals surface area contributed by atoms with E-state index in [4.69, 9.17) is 11.6 Å². The molecule has 0 bridgehead atoms. The fraction of sp³-hybridized carbons (Fsp3) is 0.500. The van der Waals surface area contributed by atoms with Gasteiger partial charge in [-0.15, -0.1) is 0 Å². The third-order valence-electron chi connectivity index (χ3n) is 1.57. The largest absolute Gasteiger partial charge is 0.355 e. The lowest BCUT2D eigenvalue weighted by Gasteiger charge is -2.00. The van der Waals surface area contributed by atoms with Crippen LogP contribution in [-0.4, -0.2) is 22.2 Å². The molecule has 0 aliphatic carbocycles. The van der Waals surface area contributed by atoms with E-state index < -0.39 is 0 Å². The van der Waals surface area contributed by atoms with Crippen molar-refractivity contribution in [2.45, 2.75) is 20.4 Å². The Morgan fingerprint density at radius 3 is 2.92 bits per heavy atom. The lowest BCUT2D eigenvalue weighted by molar-refractivity contribution is -0.121. The van der Waals surface area contributed by atoms with Gasteiger partial charge in [0.15, 0.2) is 0 Å². The van der Waals surface area contributed by atoms with Gasteiger partial charge in [-0.1, -0.05) is 11.6 Å². The summed E-state index contributed by atoms with van der Waals surface area (Å²) >= 11 is 5.77. The van der Waals surface area contributed by atoms with Gasteiger partial charge in [-0.2, -0.15) is 5.10 Å². The van der Waals surface area contributed by atoms with Crippen molar-refractivity contribution in [3.8, 4) is 0 Å². The molecule has 0 radical (unpaired) electrons. The quantitative estimate of drug-likeness (QED) is 0.793. The Morgan fingerprint density at radius 2 is 2.46 bits per heavy atom. The Bertz CT molecular complexity index is 289. The number of carbonyl (C=O) groups excluding carboxylic acids is 1. The van der Waals surface area contributed by atoms with E-state index in [1.54, 1.807) is 13.1 Å². The van der Waals surface area contributed by atoms with E-state index in [-0.39, 0.29) is 12.5 Å². The van der Waals surface area contributed by atoms with E-state index in [0.717, 1.165) is 5.69 Å². The fourth-order valence-corrected chi connectivity index (χ4v) is 1.13. The molecule has 13 heavy (non-hydrogen) atoms. The lowest BCUT2D eigenvalue weighted by atomic mass is 10.5. The van der Waals surface area contributed by atoms with Crippen molar-refractivity contribution in [3.05, 3.63) is 16.9 Å². The molecule has 0 aromatic carbocycles. The zero-order valence-electron chi connectivity index (χ0n) is 7.67. The van der Waals surface area contributed by atoms with E-state index >= 15 is 0 Å². The Hall–Kier alpha value is -1.03. The molecule has 1 aromatic heterocycles. The third-order valence-corrected chi connectivity index (χ3v) is 1.94. The number of amides is 1. The van der Waals surface area contributed by atoms with Crippen LogP contribution in [0.2, 0.25) is 5.02 Å². The summed E-state index contributed by atoms with van der Waals surface area (Å²) in [6, 6.07) is 0. The first kappa shape index (κ1) is 10.1. The van der Waals surface area contributed by atoms with Crippen molar-refractivity contribution in [3.63, 3.8) is 0 Å². The summed E-state index contributed by atoms with van der Waals surface area (Å²) in [5.74, 6) is -0.0540. The first-order valence-electron chi connectivity index (χ1n) is 4.09. The maximum absolute atomic E-state index is 11.1. The predicted octanol–water partition coefficient (Wildman–Crippen LogP) is 0.981. The first-order chi connectivity index (χ1) is 6.13. The highest BCUT2D eigenvalue weighted by molar-refractivity contribution is 6.31. The highest BCUT2D eigenvalue weighted by Crippen LogP contribution is 2.11. The standard InChI is InChI=1S/C8H12ClN3O/c1-3-10-8(13)5-12-4-7(9)6(2)11-12/h4H,3,5H2,1-2H3,(H,10,13). The highest BCUT2D eigenvalue weighted by atomic mass is 35.5. The number of aryl methyl sites for hydroxylation is 1. The SMILES string of the molecule is CCNC(=O)Cn1cc(Cl)c(C)n1. The summed E-state index contributed by atoms with van der Waals surface area (Å²) in [5.41, 5.74) is 0.742. The number of carbonyl (C=O) groups is 1. The number of nitrogens with zero attached hydrogens (tertiary/aromatic N) is 2. The Kier molecular flexibility index (Phi) is 3.31. The number of hydrogen-bond acceptors (Lipinski definition) is 2. The van der Waals surface area contributed by atoms with Gasteiger partial charge in [0, 0.05) is 12.7 Å². The average Bonchev–Trinajstić information content (AvgIpc) is 2.31. The van der Waals surface area contributed by atoms with E-state index in [2.05, 4.69) is 10.4 Å². The highest BCUT2D eigenvalue weighted by Gasteiger charge is 2.05. The normalized spacial score (nSPS) is 10.1. The Labute approximate surface area is 81.9 Å². The molecule has 0 atom stereocenters. The van der Waals surface area contributed by atoms with Gasteiger partial charge in [0.2, 0.25) is 5.91 Å². The van der Waals surface area contributed by atoms with Crippen LogP contribution < -0.4 is 5.32 Å². The predicted molar refractivity (Wildman–Crippen MR) is 50.7 cm³/mol. The number of aromatic nitrogens is 2. The van der Waals surface area contributed by atoms with E-state index in [1.165, 1.54) is 4.68 Å². The van der Waals surface area contributed by atoms with Gasteiger partial charge in [0.05, 0.1) is 10.7 Å². The van der Waals surface area contributed by atoms with Gasteiger partial charge >= 0.3 is 0 Å². The molecule has 0 fully saturated rings. The van der Waals surface area contributed by atoms with Crippen molar-refractivity contribution in [1.29, 1.82) is 0 Å². The van der Waals surface area contributed by atoms with E-state index in [1.807, 2.05) is 6.92 Å². The van der Waals surface area contributed by atoms with Crippen LogP contribution in [0.1, 0.15) is 12.6 Å². The summed E-state index contributed by atoms with van der Waals surface area (Å²) in [7, 11) is 0. The Balaban J connectivity index is 2.59. The van der Waals surface area contributed by atoms with Gasteiger partial charge in [0.1, 0.15) is 6.54 Å². The zero-order valence-corrected chi connectivity index (χ0v) is 8.43. The molecule has 0 unspecified atom stereocenters. The molecular weight excluding hydrogens is 190 g/mol. The van der Waals surface area contributed by atoms with Gasteiger partial charge in [-0.05, 0) is 13.8 Å². The maximum Gasteiger partial charge on any atom is 0.241 e. The van der Waals surface area contributed by atoms with Crippen LogP contribution >= 0.6 is 11.6 Å². The molecule has 72 valence electrons. The minimum atomic E-state index is -0.0540. The maximum atomic E-state index is 11.1. The second-order valence-electron chi connectivity index (χ2n) is 2.71. The van der Waals surface area contributed by atoms with Crippen LogP contribution in [0.4, 0.5) is 0 Å². The summed E-state index contributed by atoms with van der Waals surface area (Å²) in [6.45, 7) is 4.53. The molecule has 1 rings (SSSR count). The molecule has 1 N–H and O–H groups in total. The van der Waals surface area contributed by atoms with Gasteiger partial charge in [-0.3, -0.25) is 9.48 Å². The molecular formula is C8H12ClN3O. The number of hydrogen-bond donors (Lipinski definition) is 1. The van der Waals surface area contributed by atoms with E-state index in [0.29, 0.717) is 11.6 Å². The van der Waals surface area contributed by atoms with Crippen molar-refractivity contribution < 1.29 is 4.79 Å². The molecule has 1 aromatic rings. The van der Waals surface area contributed by atoms with Crippen LogP contribution in [0, 0.1) is 6.92 Å². The minimum Gasteiger partial charge on any atom is -0.355 e. The third kappa shape index (κ3) is 2.73. The van der Waals surface area contributed by atoms with Crippen molar-refractivity contribution >= 4 is 17.5 Å². The van der Waals surface area contributed by atoms with Gasteiger partial charge in [-0.25, -0.2) is 0 Å². The van der Waals surface area contributed by atoms with Crippen LogP contribution in [0.25, 0.3) is 0 Å². The number of halogens is 1. The Morgan fingerprint density at radius 1 is 1.77 bits per heavy atom. The zero-order chi connectivity index (χ0) is 9.84. The van der Waals surface area contributed by atoms with Crippen LogP contribution in [0.15, 0.2) is 6.20 Å². The molecule has 0 aliphatic rings. The molecule has 5 heteroatoms. The topological polar surface area (TPSA) is 46.9 Å². The van der Waals surface area contributed by atoms with Crippen molar-refractivity contribution in [2.75, 3.05) is 6.54 Å². The number of likely N-dealkylation sites (N-methyl/N-ethyl adjacent to an activating group) is 1. The molecule has 0 spiro atoms. The monoisotopic (exact) mass is 201 g/mol. The molecule has 0 aliphatic heterocycles. The first-order valence-corrected chi connectivity index (χ1v) is 4.47. The summed E-state index contributed by atoms with van der Waals surface area (Å²) < 4.78 is 1.53. The second kappa shape index (κ2) is 4.28. The fourth-order valence-electron chi connectivity index (χ4n) is 0.975. The van der Waals surface area contributed by atoms with Crippen molar-refractivity contribution in [2.24, 2.45) is 0 Å². The van der Waals surface area contributed by atoms with Crippen LogP contribution in [0.3, 0.4) is 0 Å². The van der Waals surface area contributed by atoms with Crippen LogP contribution in [-0.2, 0) is 11.3 Å². The minimum absolute atomic E-state index is 0.0540. The van der Waals surface area contributed by atoms with Crippen LogP contribution in [0.5, 0.6) is 0 Å². The summed E-state index contributed by atoms with van der Waals surface area (Å²) in [6.07, 6.45) is 1.64. The number of rotatable bonds is 3. The molecule has 1 heterocycles. The van der Waals surface area contributed by atoms with Gasteiger partial charge in [0.25, 0.3) is 0 Å². The molecule has 4 nitrogen and oxygen atoms in total. The lowest BCUT2D eigenvalue weighted by Crippen LogP contribution is -2.27. The molecule has 0 saturated carbocycles.